The number of benzene rings is 1. The maximum atomic E-state index is 12.7. The van der Waals surface area contributed by atoms with E-state index in [0.29, 0.717) is 18.3 Å². The number of carbonyl (C=O) groups excluding carboxylic acids is 2. The summed E-state index contributed by atoms with van der Waals surface area (Å²) < 4.78 is 5.67. The van der Waals surface area contributed by atoms with Crippen LogP contribution in [0.4, 0.5) is 0 Å². The largest absolute Gasteiger partial charge is 0.494 e. The highest BCUT2D eigenvalue weighted by molar-refractivity contribution is 5.85. The van der Waals surface area contributed by atoms with E-state index in [0.717, 1.165) is 31.6 Å². The van der Waals surface area contributed by atoms with E-state index < -0.39 is 0 Å². The van der Waals surface area contributed by atoms with Gasteiger partial charge in [0.2, 0.25) is 11.8 Å². The summed E-state index contributed by atoms with van der Waals surface area (Å²) in [6.07, 6.45) is 1.27. The van der Waals surface area contributed by atoms with Crippen LogP contribution in [0, 0.1) is 5.92 Å². The Bertz CT molecular complexity index is 597. The van der Waals surface area contributed by atoms with Crippen LogP contribution in [0.25, 0.3) is 0 Å². The number of ether oxygens (including phenoxy) is 1. The fraction of sp³-hybridized carbons (Fsp3) is 0.579. The standard InChI is InChI=1S/C19H29N3O3.ClH/c1-4-25-18-8-6-5-7-16(18)17(21-14(2)23)11-19(24)22-10-9-15(13-22)12-20-3;/h5-8,15,17,20H,4,9-13H2,1-3H3,(H,21,23);1H. The quantitative estimate of drug-likeness (QED) is 0.721. The summed E-state index contributed by atoms with van der Waals surface area (Å²) in [4.78, 5) is 26.3. The molecule has 1 fully saturated rings. The number of para-hydroxylation sites is 1. The molecular weight excluding hydrogens is 354 g/mol. The van der Waals surface area contributed by atoms with Crippen molar-refractivity contribution < 1.29 is 14.3 Å². The van der Waals surface area contributed by atoms with Gasteiger partial charge < -0.3 is 20.3 Å². The van der Waals surface area contributed by atoms with E-state index in [1.54, 1.807) is 0 Å². The highest BCUT2D eigenvalue weighted by atomic mass is 35.5. The third-order valence-corrected chi connectivity index (χ3v) is 4.48. The number of amides is 2. The topological polar surface area (TPSA) is 70.7 Å². The normalized spacial score (nSPS) is 17.3. The smallest absolute Gasteiger partial charge is 0.225 e. The van der Waals surface area contributed by atoms with Crippen LogP contribution in [0.2, 0.25) is 0 Å². The summed E-state index contributed by atoms with van der Waals surface area (Å²) in [5.74, 6) is 1.14. The molecule has 0 aliphatic carbocycles. The zero-order valence-corrected chi connectivity index (χ0v) is 16.6. The van der Waals surface area contributed by atoms with Gasteiger partial charge in [0.1, 0.15) is 5.75 Å². The first-order valence-corrected chi connectivity index (χ1v) is 8.96. The zero-order valence-electron chi connectivity index (χ0n) is 15.8. The minimum absolute atomic E-state index is 0. The molecule has 1 aromatic carbocycles. The maximum Gasteiger partial charge on any atom is 0.225 e. The van der Waals surface area contributed by atoms with Crippen molar-refractivity contribution in [1.29, 1.82) is 0 Å². The van der Waals surface area contributed by atoms with Gasteiger partial charge in [0, 0.05) is 25.6 Å². The lowest BCUT2D eigenvalue weighted by Crippen LogP contribution is -2.35. The predicted octanol–water partition coefficient (Wildman–Crippen LogP) is 2.14. The van der Waals surface area contributed by atoms with Crippen LogP contribution >= 0.6 is 12.4 Å². The Hall–Kier alpha value is -1.79. The van der Waals surface area contributed by atoms with Gasteiger partial charge in [-0.3, -0.25) is 9.59 Å². The monoisotopic (exact) mass is 383 g/mol. The van der Waals surface area contributed by atoms with Gasteiger partial charge in [0.25, 0.3) is 0 Å². The Morgan fingerprint density at radius 1 is 1.35 bits per heavy atom. The summed E-state index contributed by atoms with van der Waals surface area (Å²) in [5.41, 5.74) is 0.846. The molecule has 6 nitrogen and oxygen atoms in total. The summed E-state index contributed by atoms with van der Waals surface area (Å²) in [7, 11) is 1.93. The summed E-state index contributed by atoms with van der Waals surface area (Å²) in [6, 6.07) is 7.19. The highest BCUT2D eigenvalue weighted by Crippen LogP contribution is 2.29. The zero-order chi connectivity index (χ0) is 18.2. The van der Waals surface area contributed by atoms with Crippen molar-refractivity contribution in [3.8, 4) is 5.75 Å². The molecule has 146 valence electrons. The van der Waals surface area contributed by atoms with Crippen LogP contribution in [0.5, 0.6) is 5.75 Å². The predicted molar refractivity (Wildman–Crippen MR) is 105 cm³/mol. The lowest BCUT2D eigenvalue weighted by molar-refractivity contribution is -0.131. The number of nitrogens with one attached hydrogen (secondary N) is 2. The van der Waals surface area contributed by atoms with Gasteiger partial charge >= 0.3 is 0 Å². The lowest BCUT2D eigenvalue weighted by atomic mass is 10.0. The van der Waals surface area contributed by atoms with Crippen LogP contribution in [-0.2, 0) is 9.59 Å². The van der Waals surface area contributed by atoms with Crippen molar-refractivity contribution in [2.24, 2.45) is 5.92 Å². The van der Waals surface area contributed by atoms with E-state index in [2.05, 4.69) is 10.6 Å². The molecule has 26 heavy (non-hydrogen) atoms. The first-order valence-electron chi connectivity index (χ1n) is 8.96. The molecule has 0 bridgehead atoms. The third kappa shape index (κ3) is 6.18. The average molecular weight is 384 g/mol. The van der Waals surface area contributed by atoms with Crippen LogP contribution in [-0.4, -0.2) is 50.0 Å². The molecule has 1 heterocycles. The molecule has 0 saturated carbocycles. The molecule has 2 unspecified atom stereocenters. The first kappa shape index (κ1) is 22.3. The Kier molecular flexibility index (Phi) is 9.44. The molecule has 2 N–H and O–H groups in total. The van der Waals surface area contributed by atoms with Crippen molar-refractivity contribution >= 4 is 24.2 Å². The molecular formula is C19H30ClN3O3. The molecule has 1 aromatic rings. The van der Waals surface area contributed by atoms with Crippen molar-refractivity contribution in [1.82, 2.24) is 15.5 Å². The Labute approximate surface area is 162 Å². The van der Waals surface area contributed by atoms with Gasteiger partial charge in [-0.2, -0.15) is 0 Å². The fourth-order valence-corrected chi connectivity index (χ4v) is 3.36. The van der Waals surface area contributed by atoms with E-state index in [4.69, 9.17) is 4.74 Å². The molecule has 1 saturated heterocycles. The van der Waals surface area contributed by atoms with Crippen molar-refractivity contribution in [3.05, 3.63) is 29.8 Å². The molecule has 2 rings (SSSR count). The Balaban J connectivity index is 0.00000338. The molecule has 2 atom stereocenters. The van der Waals surface area contributed by atoms with Crippen molar-refractivity contribution in [3.63, 3.8) is 0 Å². The minimum atomic E-state index is -0.379. The molecule has 1 aliphatic rings. The molecule has 0 spiro atoms. The molecule has 1 aliphatic heterocycles. The highest BCUT2D eigenvalue weighted by Gasteiger charge is 2.28. The number of nitrogens with zero attached hydrogens (tertiary/aromatic N) is 1. The van der Waals surface area contributed by atoms with Crippen LogP contribution in [0.3, 0.4) is 0 Å². The molecule has 7 heteroatoms. The van der Waals surface area contributed by atoms with Gasteiger partial charge in [0.15, 0.2) is 0 Å². The SMILES string of the molecule is CCOc1ccccc1C(CC(=O)N1CCC(CNC)C1)NC(C)=O.Cl. The lowest BCUT2D eigenvalue weighted by Gasteiger charge is -2.24. The first-order chi connectivity index (χ1) is 12.0. The second-order valence-electron chi connectivity index (χ2n) is 6.48. The van der Waals surface area contributed by atoms with Gasteiger partial charge in [0.05, 0.1) is 19.1 Å². The summed E-state index contributed by atoms with van der Waals surface area (Å²) in [5, 5.41) is 6.08. The van der Waals surface area contributed by atoms with Crippen LogP contribution in [0.1, 0.15) is 38.3 Å². The van der Waals surface area contributed by atoms with E-state index in [1.807, 2.05) is 43.1 Å². The van der Waals surface area contributed by atoms with E-state index >= 15 is 0 Å². The Morgan fingerprint density at radius 3 is 2.73 bits per heavy atom. The summed E-state index contributed by atoms with van der Waals surface area (Å²) >= 11 is 0. The fourth-order valence-electron chi connectivity index (χ4n) is 3.36. The minimum Gasteiger partial charge on any atom is -0.494 e. The van der Waals surface area contributed by atoms with Crippen LogP contribution < -0.4 is 15.4 Å². The molecule has 0 radical (unpaired) electrons. The number of rotatable bonds is 8. The van der Waals surface area contributed by atoms with Crippen LogP contribution in [0.15, 0.2) is 24.3 Å². The van der Waals surface area contributed by atoms with E-state index in [1.165, 1.54) is 6.92 Å². The number of hydrogen-bond donors (Lipinski definition) is 2. The van der Waals surface area contributed by atoms with Gasteiger partial charge in [-0.1, -0.05) is 18.2 Å². The molecule has 0 aromatic heterocycles. The van der Waals surface area contributed by atoms with Crippen molar-refractivity contribution in [2.45, 2.75) is 32.7 Å². The van der Waals surface area contributed by atoms with E-state index in [-0.39, 0.29) is 36.7 Å². The van der Waals surface area contributed by atoms with Gasteiger partial charge in [-0.15, -0.1) is 12.4 Å². The Morgan fingerprint density at radius 2 is 2.08 bits per heavy atom. The number of likely N-dealkylation sites (tertiary alicyclic amines) is 1. The summed E-state index contributed by atoms with van der Waals surface area (Å²) in [6.45, 7) is 6.41. The van der Waals surface area contributed by atoms with Gasteiger partial charge in [-0.05, 0) is 38.9 Å². The number of hydrogen-bond acceptors (Lipinski definition) is 4. The third-order valence-electron chi connectivity index (χ3n) is 4.48. The second-order valence-corrected chi connectivity index (χ2v) is 6.48. The van der Waals surface area contributed by atoms with E-state index in [9.17, 15) is 9.59 Å². The number of carbonyl (C=O) groups is 2. The molecule has 2 amide bonds. The van der Waals surface area contributed by atoms with Gasteiger partial charge in [-0.25, -0.2) is 0 Å². The average Bonchev–Trinajstić information content (AvgIpc) is 3.04. The maximum absolute atomic E-state index is 12.7. The second kappa shape index (κ2) is 11.0. The van der Waals surface area contributed by atoms with Crippen molar-refractivity contribution in [2.75, 3.05) is 33.3 Å². The number of halogens is 1.